The summed E-state index contributed by atoms with van der Waals surface area (Å²) in [6.07, 6.45) is 2.49. The summed E-state index contributed by atoms with van der Waals surface area (Å²) in [5, 5.41) is 11.2. The van der Waals surface area contributed by atoms with Crippen LogP contribution in [-0.4, -0.2) is 61.9 Å². The molecule has 10 nitrogen and oxygen atoms in total. The van der Waals surface area contributed by atoms with Crippen LogP contribution in [0, 0.1) is 5.82 Å². The van der Waals surface area contributed by atoms with Crippen LogP contribution in [0.15, 0.2) is 46.8 Å². The van der Waals surface area contributed by atoms with Gasteiger partial charge in [0.2, 0.25) is 0 Å². The van der Waals surface area contributed by atoms with Crippen molar-refractivity contribution in [3.63, 3.8) is 0 Å². The number of benzene rings is 2. The molecule has 2 saturated heterocycles. The van der Waals surface area contributed by atoms with Gasteiger partial charge in [-0.25, -0.2) is 26.9 Å². The Labute approximate surface area is 239 Å². The fourth-order valence-corrected chi connectivity index (χ4v) is 7.98. The van der Waals surface area contributed by atoms with E-state index in [-0.39, 0.29) is 40.6 Å². The maximum absolute atomic E-state index is 15.5. The minimum atomic E-state index is -4.48. The molecule has 3 atom stereocenters. The van der Waals surface area contributed by atoms with Crippen LogP contribution in [-0.2, 0) is 16.6 Å². The molecule has 2 fully saturated rings. The van der Waals surface area contributed by atoms with Crippen molar-refractivity contribution >= 4 is 44.2 Å². The van der Waals surface area contributed by atoms with Crippen LogP contribution in [0.5, 0.6) is 17.2 Å². The van der Waals surface area contributed by atoms with Crippen molar-refractivity contribution < 1.29 is 36.9 Å². The van der Waals surface area contributed by atoms with E-state index in [0.717, 1.165) is 40.6 Å². The van der Waals surface area contributed by atoms with Crippen LogP contribution >= 0.6 is 22.9 Å². The molecular formula is C26H27ClFN3O7S2. The van der Waals surface area contributed by atoms with Crippen LogP contribution in [0.2, 0.25) is 5.02 Å². The maximum Gasteiger partial charge on any atom is 0.407 e. The molecule has 0 aliphatic carbocycles. The third-order valence-electron chi connectivity index (χ3n) is 7.20. The summed E-state index contributed by atoms with van der Waals surface area (Å²) in [4.78, 5) is 16.6. The van der Waals surface area contributed by atoms with Gasteiger partial charge in [0.25, 0.3) is 10.0 Å². The Bertz CT molecular complexity index is 1490. The van der Waals surface area contributed by atoms with Gasteiger partial charge in [0.15, 0.2) is 5.13 Å². The number of aromatic nitrogens is 1. The van der Waals surface area contributed by atoms with E-state index in [1.807, 2.05) is 0 Å². The third-order valence-corrected chi connectivity index (χ3v) is 10.2. The molecule has 0 unspecified atom stereocenters. The first-order valence-electron chi connectivity index (χ1n) is 12.4. The first kappa shape index (κ1) is 28.2. The average molecular weight is 612 g/mol. The van der Waals surface area contributed by atoms with Gasteiger partial charge < -0.3 is 24.2 Å². The van der Waals surface area contributed by atoms with Crippen molar-refractivity contribution in [2.75, 3.05) is 18.5 Å². The summed E-state index contributed by atoms with van der Waals surface area (Å²) >= 11 is 7.52. The van der Waals surface area contributed by atoms with Crippen molar-refractivity contribution in [3.05, 3.63) is 58.3 Å². The zero-order valence-electron chi connectivity index (χ0n) is 21.6. The second kappa shape index (κ2) is 11.3. The van der Waals surface area contributed by atoms with E-state index in [9.17, 15) is 18.3 Å². The Morgan fingerprint density at radius 1 is 1.18 bits per heavy atom. The number of rotatable bonds is 9. The second-order valence-electron chi connectivity index (χ2n) is 9.50. The molecule has 14 heteroatoms. The van der Waals surface area contributed by atoms with Crippen molar-refractivity contribution in [2.45, 2.75) is 55.3 Å². The Hall–Kier alpha value is -3.29. The highest BCUT2D eigenvalue weighted by molar-refractivity contribution is 7.93. The standard InChI is InChI=1S/C26H27ClFN3O7S2/c1-36-18-6-3-15(22(11-18)37-2)14-30(25-29-7-8-39-25)40(34,35)24-12-20(27)23(13-21(24)28)38-19-9-16-4-5-17(10-19)31(16)26(32)33/h3,6-8,11-13,16-17,19H,4-5,9-10,14H2,1-2H3,(H,32,33)/t16-,17+,19+. The van der Waals surface area contributed by atoms with Gasteiger partial charge in [-0.05, 0) is 31.0 Å². The topological polar surface area (TPSA) is 118 Å². The van der Waals surface area contributed by atoms with Crippen LogP contribution in [0.1, 0.15) is 31.2 Å². The number of amides is 1. The van der Waals surface area contributed by atoms with Gasteiger partial charge in [0, 0.05) is 54.2 Å². The number of nitrogens with zero attached hydrogens (tertiary/aromatic N) is 3. The third kappa shape index (κ3) is 5.37. The van der Waals surface area contributed by atoms with Crippen LogP contribution in [0.4, 0.5) is 14.3 Å². The SMILES string of the molecule is COc1ccc(CN(c2nccs2)S(=O)(=O)c2cc(Cl)c(O[C@H]3C[C@H]4CC[C@@H](C3)N4C(=O)O)cc2F)c(OC)c1. The molecule has 1 aromatic heterocycles. The van der Waals surface area contributed by atoms with Gasteiger partial charge in [0.1, 0.15) is 34.1 Å². The lowest BCUT2D eigenvalue weighted by Crippen LogP contribution is -2.48. The van der Waals surface area contributed by atoms with Gasteiger partial charge >= 0.3 is 6.09 Å². The summed E-state index contributed by atoms with van der Waals surface area (Å²) in [5.74, 6) is -0.113. The molecule has 2 aliphatic heterocycles. The smallest absolute Gasteiger partial charge is 0.407 e. The van der Waals surface area contributed by atoms with Crippen LogP contribution in [0.3, 0.4) is 0 Å². The molecule has 0 radical (unpaired) electrons. The Balaban J connectivity index is 1.43. The van der Waals surface area contributed by atoms with Gasteiger partial charge in [-0.3, -0.25) is 0 Å². The summed E-state index contributed by atoms with van der Waals surface area (Å²) in [6.45, 7) is -0.191. The van der Waals surface area contributed by atoms with Crippen LogP contribution in [0.25, 0.3) is 0 Å². The second-order valence-corrected chi connectivity index (χ2v) is 12.6. The predicted molar refractivity (Wildman–Crippen MR) is 147 cm³/mol. The largest absolute Gasteiger partial charge is 0.497 e. The molecule has 1 N–H and O–H groups in total. The minimum absolute atomic E-state index is 0.00362. The minimum Gasteiger partial charge on any atom is -0.497 e. The maximum atomic E-state index is 15.5. The molecule has 3 heterocycles. The monoisotopic (exact) mass is 611 g/mol. The van der Waals surface area contributed by atoms with E-state index in [0.29, 0.717) is 29.9 Å². The number of hydrogen-bond donors (Lipinski definition) is 1. The highest BCUT2D eigenvalue weighted by Crippen LogP contribution is 2.40. The average Bonchev–Trinajstić information content (AvgIpc) is 3.55. The summed E-state index contributed by atoms with van der Waals surface area (Å²) in [5.41, 5.74) is 0.510. The van der Waals surface area contributed by atoms with E-state index >= 15 is 4.39 Å². The van der Waals surface area contributed by atoms with E-state index in [1.165, 1.54) is 25.3 Å². The number of piperidine rings is 1. The molecular weight excluding hydrogens is 585 g/mol. The van der Waals surface area contributed by atoms with Gasteiger partial charge in [-0.15, -0.1) is 11.3 Å². The lowest BCUT2D eigenvalue weighted by atomic mass is 10.0. The van der Waals surface area contributed by atoms with Gasteiger partial charge in [0.05, 0.1) is 25.8 Å². The Morgan fingerprint density at radius 3 is 2.50 bits per heavy atom. The Kier molecular flexibility index (Phi) is 7.98. The van der Waals surface area contributed by atoms with Crippen molar-refractivity contribution in [1.82, 2.24) is 9.88 Å². The van der Waals surface area contributed by atoms with Crippen molar-refractivity contribution in [2.24, 2.45) is 0 Å². The number of sulfonamides is 1. The number of carboxylic acid groups (broad SMARTS) is 1. The number of halogens is 2. The molecule has 1 amide bonds. The first-order chi connectivity index (χ1) is 19.1. The highest BCUT2D eigenvalue weighted by atomic mass is 35.5. The number of methoxy groups -OCH3 is 2. The molecule has 2 aliphatic rings. The zero-order valence-corrected chi connectivity index (χ0v) is 24.0. The van der Waals surface area contributed by atoms with Crippen LogP contribution < -0.4 is 18.5 Å². The molecule has 40 heavy (non-hydrogen) atoms. The molecule has 2 bridgehead atoms. The fourth-order valence-electron chi connectivity index (χ4n) is 5.36. The van der Waals surface area contributed by atoms with E-state index in [4.69, 9.17) is 25.8 Å². The zero-order chi connectivity index (χ0) is 28.6. The number of fused-ring (bicyclic) bond motifs is 2. The summed E-state index contributed by atoms with van der Waals surface area (Å²) in [6, 6.07) is 6.61. The number of ether oxygens (including phenoxy) is 3. The van der Waals surface area contributed by atoms with Crippen molar-refractivity contribution in [3.8, 4) is 17.2 Å². The lowest BCUT2D eigenvalue weighted by Gasteiger charge is -2.37. The number of carbonyl (C=O) groups is 1. The molecule has 0 saturated carbocycles. The molecule has 3 aromatic rings. The number of thiazole rings is 1. The first-order valence-corrected chi connectivity index (χ1v) is 15.1. The molecule has 0 spiro atoms. The predicted octanol–water partition coefficient (Wildman–Crippen LogP) is 5.40. The number of hydrogen-bond acceptors (Lipinski definition) is 8. The molecule has 5 rings (SSSR count). The highest BCUT2D eigenvalue weighted by Gasteiger charge is 2.44. The quantitative estimate of drug-likeness (QED) is 0.342. The molecule has 2 aromatic carbocycles. The Morgan fingerprint density at radius 2 is 1.90 bits per heavy atom. The van der Waals surface area contributed by atoms with Gasteiger partial charge in [-0.2, -0.15) is 0 Å². The molecule has 214 valence electrons. The van der Waals surface area contributed by atoms with E-state index in [2.05, 4.69) is 4.98 Å². The fraction of sp³-hybridized carbons (Fsp3) is 0.385. The van der Waals surface area contributed by atoms with Gasteiger partial charge in [-0.1, -0.05) is 11.6 Å². The van der Waals surface area contributed by atoms with E-state index in [1.54, 1.807) is 23.6 Å². The lowest BCUT2D eigenvalue weighted by molar-refractivity contribution is 0.0495. The normalized spacial score (nSPS) is 20.3. The number of anilines is 1. The summed E-state index contributed by atoms with van der Waals surface area (Å²) in [7, 11) is -1.52. The summed E-state index contributed by atoms with van der Waals surface area (Å²) < 4.78 is 60.9. The van der Waals surface area contributed by atoms with Crippen molar-refractivity contribution in [1.29, 1.82) is 0 Å². The van der Waals surface area contributed by atoms with E-state index < -0.39 is 26.8 Å².